The predicted molar refractivity (Wildman–Crippen MR) is 55.9 cm³/mol. The summed E-state index contributed by atoms with van der Waals surface area (Å²) in [6.07, 6.45) is 3.76. The first-order chi connectivity index (χ1) is 6.36. The maximum Gasteiger partial charge on any atom is 0.0571 e. The summed E-state index contributed by atoms with van der Waals surface area (Å²) in [5, 5.41) is 0. The van der Waals surface area contributed by atoms with Crippen molar-refractivity contribution in [1.82, 2.24) is 0 Å². The minimum absolute atomic E-state index is 0.417. The van der Waals surface area contributed by atoms with Gasteiger partial charge in [-0.15, -0.1) is 0 Å². The Hall–Kier alpha value is -0.820. The molecule has 0 unspecified atom stereocenters. The van der Waals surface area contributed by atoms with Crippen molar-refractivity contribution < 1.29 is 4.74 Å². The van der Waals surface area contributed by atoms with Crippen LogP contribution in [0.15, 0.2) is 30.3 Å². The van der Waals surface area contributed by atoms with E-state index in [4.69, 9.17) is 4.74 Å². The zero-order valence-corrected chi connectivity index (χ0v) is 8.49. The maximum atomic E-state index is 5.32. The van der Waals surface area contributed by atoms with E-state index >= 15 is 0 Å². The fourth-order valence-corrected chi connectivity index (χ4v) is 1.46. The van der Waals surface area contributed by atoms with Crippen LogP contribution in [-0.2, 0) is 11.2 Å². The lowest BCUT2D eigenvalue weighted by molar-refractivity contribution is 0.0924. The maximum absolute atomic E-state index is 5.32. The van der Waals surface area contributed by atoms with Gasteiger partial charge in [0.05, 0.1) is 6.10 Å². The van der Waals surface area contributed by atoms with Gasteiger partial charge in [-0.25, -0.2) is 0 Å². The van der Waals surface area contributed by atoms with Crippen molar-refractivity contribution in [2.75, 3.05) is 7.11 Å². The summed E-state index contributed by atoms with van der Waals surface area (Å²) >= 11 is 0. The Labute approximate surface area is 80.7 Å². The molecule has 0 heterocycles. The molecule has 0 fully saturated rings. The van der Waals surface area contributed by atoms with Gasteiger partial charge in [0.25, 0.3) is 0 Å². The Morgan fingerprint density at radius 1 is 1.23 bits per heavy atom. The van der Waals surface area contributed by atoms with Crippen molar-refractivity contribution in [2.45, 2.75) is 32.3 Å². The number of methoxy groups -OCH3 is 1. The van der Waals surface area contributed by atoms with Crippen LogP contribution >= 0.6 is 0 Å². The second kappa shape index (κ2) is 5.76. The molecule has 0 aliphatic rings. The number of hydrogen-bond donors (Lipinski definition) is 0. The monoisotopic (exact) mass is 178 g/mol. The van der Waals surface area contributed by atoms with Crippen LogP contribution < -0.4 is 0 Å². The summed E-state index contributed by atoms with van der Waals surface area (Å²) < 4.78 is 5.32. The fourth-order valence-electron chi connectivity index (χ4n) is 1.46. The lowest BCUT2D eigenvalue weighted by Gasteiger charge is -2.12. The highest BCUT2D eigenvalue weighted by Crippen LogP contribution is 2.08. The first kappa shape index (κ1) is 10.3. The van der Waals surface area contributed by atoms with E-state index in [2.05, 4.69) is 37.3 Å². The van der Waals surface area contributed by atoms with Crippen LogP contribution in [0.5, 0.6) is 0 Å². The van der Waals surface area contributed by atoms with Gasteiger partial charge >= 0.3 is 0 Å². The van der Waals surface area contributed by atoms with E-state index in [1.165, 1.54) is 5.56 Å². The van der Waals surface area contributed by atoms with Gasteiger partial charge in [0.2, 0.25) is 0 Å². The van der Waals surface area contributed by atoms with Crippen LogP contribution in [0.4, 0.5) is 0 Å². The second-order valence-electron chi connectivity index (χ2n) is 3.29. The SMILES string of the molecule is CC[C@@H](CCc1ccccc1)OC. The molecule has 0 aliphatic heterocycles. The standard InChI is InChI=1S/C12H18O/c1-3-12(13-2)10-9-11-7-5-4-6-8-11/h4-8,12H,3,9-10H2,1-2H3/t12-/m0/s1. The first-order valence-electron chi connectivity index (χ1n) is 4.93. The van der Waals surface area contributed by atoms with Crippen molar-refractivity contribution in [3.05, 3.63) is 35.9 Å². The quantitative estimate of drug-likeness (QED) is 0.673. The van der Waals surface area contributed by atoms with Gasteiger partial charge in [0, 0.05) is 7.11 Å². The highest BCUT2D eigenvalue weighted by atomic mass is 16.5. The van der Waals surface area contributed by atoms with Crippen molar-refractivity contribution in [1.29, 1.82) is 0 Å². The van der Waals surface area contributed by atoms with Crippen LogP contribution in [0.1, 0.15) is 25.3 Å². The molecule has 13 heavy (non-hydrogen) atoms. The van der Waals surface area contributed by atoms with Crippen LogP contribution in [0.25, 0.3) is 0 Å². The molecule has 0 N–H and O–H groups in total. The minimum atomic E-state index is 0.417. The molecule has 1 heteroatoms. The molecule has 0 radical (unpaired) electrons. The molecule has 0 aliphatic carbocycles. The van der Waals surface area contributed by atoms with Crippen LogP contribution in [0.2, 0.25) is 0 Å². The lowest BCUT2D eigenvalue weighted by atomic mass is 10.1. The average Bonchev–Trinajstić information content (AvgIpc) is 2.21. The molecule has 1 atom stereocenters. The highest BCUT2D eigenvalue weighted by molar-refractivity contribution is 5.14. The van der Waals surface area contributed by atoms with Gasteiger partial charge in [0.15, 0.2) is 0 Å². The molecular weight excluding hydrogens is 160 g/mol. The molecule has 0 amide bonds. The Balaban J connectivity index is 2.34. The number of hydrogen-bond acceptors (Lipinski definition) is 1. The third kappa shape index (κ3) is 3.60. The van der Waals surface area contributed by atoms with Gasteiger partial charge < -0.3 is 4.74 Å². The predicted octanol–water partition coefficient (Wildman–Crippen LogP) is 3.04. The molecule has 0 saturated carbocycles. The molecular formula is C12H18O. The van der Waals surface area contributed by atoms with Crippen molar-refractivity contribution >= 4 is 0 Å². The Bertz CT molecular complexity index is 214. The largest absolute Gasteiger partial charge is 0.381 e. The summed E-state index contributed by atoms with van der Waals surface area (Å²) in [6, 6.07) is 10.6. The topological polar surface area (TPSA) is 9.23 Å². The molecule has 1 aromatic rings. The zero-order chi connectivity index (χ0) is 9.52. The van der Waals surface area contributed by atoms with E-state index in [9.17, 15) is 0 Å². The van der Waals surface area contributed by atoms with Gasteiger partial charge in [-0.05, 0) is 24.8 Å². The molecule has 0 spiro atoms. The fraction of sp³-hybridized carbons (Fsp3) is 0.500. The highest BCUT2D eigenvalue weighted by Gasteiger charge is 2.03. The van der Waals surface area contributed by atoms with Gasteiger partial charge in [-0.1, -0.05) is 37.3 Å². The summed E-state index contributed by atoms with van der Waals surface area (Å²) in [4.78, 5) is 0. The van der Waals surface area contributed by atoms with E-state index in [-0.39, 0.29) is 0 Å². The number of rotatable bonds is 5. The third-order valence-corrected chi connectivity index (χ3v) is 2.39. The molecule has 1 nitrogen and oxygen atoms in total. The zero-order valence-electron chi connectivity index (χ0n) is 8.49. The number of aryl methyl sites for hydroxylation is 1. The number of ether oxygens (including phenoxy) is 1. The molecule has 0 saturated heterocycles. The Morgan fingerprint density at radius 3 is 2.46 bits per heavy atom. The summed E-state index contributed by atoms with van der Waals surface area (Å²) in [7, 11) is 1.79. The lowest BCUT2D eigenvalue weighted by Crippen LogP contribution is -2.09. The summed E-state index contributed by atoms with van der Waals surface area (Å²) in [5.74, 6) is 0. The number of benzene rings is 1. The van der Waals surface area contributed by atoms with E-state index in [0.717, 1.165) is 19.3 Å². The van der Waals surface area contributed by atoms with Crippen LogP contribution in [-0.4, -0.2) is 13.2 Å². The Kier molecular flexibility index (Phi) is 4.55. The van der Waals surface area contributed by atoms with Gasteiger partial charge in [-0.3, -0.25) is 0 Å². The first-order valence-corrected chi connectivity index (χ1v) is 4.93. The van der Waals surface area contributed by atoms with Crippen molar-refractivity contribution in [3.63, 3.8) is 0 Å². The Morgan fingerprint density at radius 2 is 1.92 bits per heavy atom. The molecule has 72 valence electrons. The smallest absolute Gasteiger partial charge is 0.0571 e. The molecule has 0 aromatic heterocycles. The van der Waals surface area contributed by atoms with Crippen molar-refractivity contribution in [2.24, 2.45) is 0 Å². The minimum Gasteiger partial charge on any atom is -0.381 e. The molecule has 0 bridgehead atoms. The van der Waals surface area contributed by atoms with Crippen molar-refractivity contribution in [3.8, 4) is 0 Å². The third-order valence-electron chi connectivity index (χ3n) is 2.39. The van der Waals surface area contributed by atoms with E-state index in [1.807, 2.05) is 0 Å². The summed E-state index contributed by atoms with van der Waals surface area (Å²) in [6.45, 7) is 2.17. The molecule has 1 aromatic carbocycles. The van der Waals surface area contributed by atoms with Gasteiger partial charge in [0.1, 0.15) is 0 Å². The van der Waals surface area contributed by atoms with Crippen LogP contribution in [0, 0.1) is 0 Å². The summed E-state index contributed by atoms with van der Waals surface area (Å²) in [5.41, 5.74) is 1.40. The van der Waals surface area contributed by atoms with E-state index in [1.54, 1.807) is 7.11 Å². The van der Waals surface area contributed by atoms with Gasteiger partial charge in [-0.2, -0.15) is 0 Å². The van der Waals surface area contributed by atoms with Crippen LogP contribution in [0.3, 0.4) is 0 Å². The average molecular weight is 178 g/mol. The van der Waals surface area contributed by atoms with E-state index < -0.39 is 0 Å². The van der Waals surface area contributed by atoms with E-state index in [0.29, 0.717) is 6.10 Å². The molecule has 1 rings (SSSR count). The second-order valence-corrected chi connectivity index (χ2v) is 3.29. The normalized spacial score (nSPS) is 12.8.